The molecule has 0 saturated carbocycles. The fourth-order valence-corrected chi connectivity index (χ4v) is 5.23. The van der Waals surface area contributed by atoms with Gasteiger partial charge in [-0.2, -0.15) is 5.10 Å². The standard InChI is InChI=1S/C23H20ClN5OS/c1-13-10-11-15(12-25-13)20-16-6-5-8-18-22(31-23(27-18)26-14(2)30)21(16)29(28-20)19-9-4-3-7-17(19)24/h3-4,7,9-12H,5-6,8H2,1-2H3,(H,26,27,30). The van der Waals surface area contributed by atoms with Crippen molar-refractivity contribution in [2.75, 3.05) is 5.32 Å². The van der Waals surface area contributed by atoms with Crippen molar-refractivity contribution < 1.29 is 4.79 Å². The van der Waals surface area contributed by atoms with Crippen molar-refractivity contribution in [2.45, 2.75) is 33.1 Å². The third kappa shape index (κ3) is 3.64. The van der Waals surface area contributed by atoms with Crippen molar-refractivity contribution in [3.63, 3.8) is 0 Å². The van der Waals surface area contributed by atoms with E-state index in [0.717, 1.165) is 63.7 Å². The average molecular weight is 450 g/mol. The lowest BCUT2D eigenvalue weighted by Crippen LogP contribution is -2.05. The van der Waals surface area contributed by atoms with Gasteiger partial charge in [0, 0.05) is 29.9 Å². The van der Waals surface area contributed by atoms with Gasteiger partial charge in [-0.05, 0) is 50.5 Å². The minimum atomic E-state index is -0.129. The number of hydrogen-bond acceptors (Lipinski definition) is 5. The molecule has 0 unspecified atom stereocenters. The first-order valence-corrected chi connectivity index (χ1v) is 11.3. The van der Waals surface area contributed by atoms with E-state index in [4.69, 9.17) is 21.7 Å². The van der Waals surface area contributed by atoms with Crippen molar-refractivity contribution in [2.24, 2.45) is 0 Å². The summed E-state index contributed by atoms with van der Waals surface area (Å²) in [4.78, 5) is 21.8. The second kappa shape index (κ2) is 7.90. The van der Waals surface area contributed by atoms with E-state index in [9.17, 15) is 4.79 Å². The zero-order valence-corrected chi connectivity index (χ0v) is 18.7. The number of halogens is 1. The lowest BCUT2D eigenvalue weighted by atomic mass is 10.0. The smallest absolute Gasteiger partial charge is 0.223 e. The Labute approximate surface area is 188 Å². The Balaban J connectivity index is 1.78. The number of carbonyl (C=O) groups excluding carboxylic acids is 1. The molecule has 0 bridgehead atoms. The predicted octanol–water partition coefficient (Wildman–Crippen LogP) is 5.47. The first-order chi connectivity index (χ1) is 15.0. The summed E-state index contributed by atoms with van der Waals surface area (Å²) in [5.74, 6) is -0.129. The van der Waals surface area contributed by atoms with Crippen LogP contribution in [0.1, 0.15) is 30.3 Å². The number of hydrogen-bond donors (Lipinski definition) is 1. The first-order valence-electron chi connectivity index (χ1n) is 10.1. The minimum absolute atomic E-state index is 0.129. The Bertz CT molecular complexity index is 1290. The number of thiazole rings is 1. The van der Waals surface area contributed by atoms with Gasteiger partial charge in [-0.25, -0.2) is 9.67 Å². The van der Waals surface area contributed by atoms with Crippen molar-refractivity contribution in [3.05, 3.63) is 64.6 Å². The summed E-state index contributed by atoms with van der Waals surface area (Å²) in [5.41, 5.74) is 6.79. The van der Waals surface area contributed by atoms with Crippen LogP contribution in [-0.2, 0) is 17.6 Å². The highest BCUT2D eigenvalue weighted by Gasteiger charge is 2.29. The van der Waals surface area contributed by atoms with E-state index in [1.54, 1.807) is 0 Å². The van der Waals surface area contributed by atoms with Crippen LogP contribution in [-0.4, -0.2) is 25.7 Å². The van der Waals surface area contributed by atoms with Gasteiger partial charge >= 0.3 is 0 Å². The highest BCUT2D eigenvalue weighted by atomic mass is 35.5. The molecule has 0 atom stereocenters. The highest BCUT2D eigenvalue weighted by molar-refractivity contribution is 7.19. The van der Waals surface area contributed by atoms with Gasteiger partial charge < -0.3 is 5.32 Å². The van der Waals surface area contributed by atoms with Crippen LogP contribution in [0.4, 0.5) is 5.13 Å². The molecule has 1 N–H and O–H groups in total. The molecule has 1 amide bonds. The fourth-order valence-electron chi connectivity index (χ4n) is 3.90. The monoisotopic (exact) mass is 449 g/mol. The van der Waals surface area contributed by atoms with E-state index in [1.165, 1.54) is 18.3 Å². The van der Waals surface area contributed by atoms with Gasteiger partial charge in [0.1, 0.15) is 0 Å². The van der Waals surface area contributed by atoms with Gasteiger partial charge in [-0.3, -0.25) is 9.78 Å². The number of carbonyl (C=O) groups is 1. The van der Waals surface area contributed by atoms with Crippen LogP contribution in [0.15, 0.2) is 42.6 Å². The molecule has 0 saturated heterocycles. The highest BCUT2D eigenvalue weighted by Crippen LogP contribution is 2.43. The number of benzene rings is 1. The van der Waals surface area contributed by atoms with Crippen LogP contribution in [0.5, 0.6) is 0 Å². The number of fused-ring (bicyclic) bond motifs is 3. The number of aromatic nitrogens is 4. The molecule has 3 aromatic heterocycles. The number of para-hydroxylation sites is 1. The molecular formula is C23H20ClN5OS. The normalized spacial score (nSPS) is 12.7. The fraction of sp³-hybridized carbons (Fsp3) is 0.217. The average Bonchev–Trinajstić information content (AvgIpc) is 3.25. The number of nitrogens with one attached hydrogen (secondary N) is 1. The largest absolute Gasteiger partial charge is 0.302 e. The SMILES string of the molecule is CC(=O)Nc1nc2c(s1)-c1c(c(-c3ccc(C)nc3)nn1-c1ccccc1Cl)CCC2. The van der Waals surface area contributed by atoms with Crippen LogP contribution in [0.25, 0.3) is 27.5 Å². The van der Waals surface area contributed by atoms with Crippen molar-refractivity contribution in [1.29, 1.82) is 0 Å². The molecule has 0 aliphatic heterocycles. The molecule has 1 aromatic carbocycles. The number of anilines is 1. The second-order valence-electron chi connectivity index (χ2n) is 7.56. The lowest BCUT2D eigenvalue weighted by molar-refractivity contribution is -0.114. The minimum Gasteiger partial charge on any atom is -0.302 e. The summed E-state index contributed by atoms with van der Waals surface area (Å²) in [6.07, 6.45) is 4.54. The molecule has 5 rings (SSSR count). The van der Waals surface area contributed by atoms with Crippen molar-refractivity contribution in [1.82, 2.24) is 19.7 Å². The van der Waals surface area contributed by atoms with Crippen LogP contribution >= 0.6 is 22.9 Å². The lowest BCUT2D eigenvalue weighted by Gasteiger charge is -2.09. The van der Waals surface area contributed by atoms with Gasteiger partial charge in [0.15, 0.2) is 5.13 Å². The molecule has 0 fully saturated rings. The van der Waals surface area contributed by atoms with Gasteiger partial charge in [0.2, 0.25) is 5.91 Å². The van der Waals surface area contributed by atoms with Crippen LogP contribution < -0.4 is 5.32 Å². The summed E-state index contributed by atoms with van der Waals surface area (Å²) >= 11 is 8.06. The van der Waals surface area contributed by atoms with Crippen molar-refractivity contribution in [3.8, 4) is 27.5 Å². The predicted molar refractivity (Wildman–Crippen MR) is 124 cm³/mol. The molecular weight excluding hydrogens is 430 g/mol. The van der Waals surface area contributed by atoms with E-state index in [2.05, 4.69) is 16.4 Å². The van der Waals surface area contributed by atoms with Gasteiger partial charge in [-0.15, -0.1) is 0 Å². The Kier molecular flexibility index (Phi) is 5.08. The second-order valence-corrected chi connectivity index (χ2v) is 8.96. The molecule has 1 aliphatic carbocycles. The number of pyridine rings is 1. The van der Waals surface area contributed by atoms with Crippen LogP contribution in [0.3, 0.4) is 0 Å². The number of amides is 1. The Morgan fingerprint density at radius 1 is 1.19 bits per heavy atom. The molecule has 1 aliphatic rings. The molecule has 6 nitrogen and oxygen atoms in total. The maximum atomic E-state index is 11.6. The Morgan fingerprint density at radius 3 is 2.77 bits per heavy atom. The van der Waals surface area contributed by atoms with Crippen LogP contribution in [0, 0.1) is 6.92 Å². The molecule has 156 valence electrons. The summed E-state index contributed by atoms with van der Waals surface area (Å²) in [5, 5.41) is 9.08. The van der Waals surface area contributed by atoms with Gasteiger partial charge in [0.25, 0.3) is 0 Å². The van der Waals surface area contributed by atoms with Crippen LogP contribution in [0.2, 0.25) is 5.02 Å². The van der Waals surface area contributed by atoms with Gasteiger partial charge in [-0.1, -0.05) is 35.1 Å². The number of aryl methyl sites for hydroxylation is 2. The number of nitrogens with zero attached hydrogens (tertiary/aromatic N) is 4. The summed E-state index contributed by atoms with van der Waals surface area (Å²) < 4.78 is 1.92. The molecule has 0 radical (unpaired) electrons. The van der Waals surface area contributed by atoms with E-state index >= 15 is 0 Å². The van der Waals surface area contributed by atoms with E-state index in [0.29, 0.717) is 10.2 Å². The van der Waals surface area contributed by atoms with Gasteiger partial charge in [0.05, 0.1) is 32.7 Å². The Morgan fingerprint density at radius 2 is 2.03 bits per heavy atom. The molecule has 4 aromatic rings. The maximum Gasteiger partial charge on any atom is 0.223 e. The molecule has 0 spiro atoms. The first kappa shape index (κ1) is 19.9. The maximum absolute atomic E-state index is 11.6. The summed E-state index contributed by atoms with van der Waals surface area (Å²) in [6, 6.07) is 11.8. The topological polar surface area (TPSA) is 72.7 Å². The third-order valence-corrected chi connectivity index (χ3v) is 6.62. The molecule has 31 heavy (non-hydrogen) atoms. The molecule has 3 heterocycles. The van der Waals surface area contributed by atoms with Crippen molar-refractivity contribution >= 4 is 34.0 Å². The summed E-state index contributed by atoms with van der Waals surface area (Å²) in [6.45, 7) is 3.47. The Hall–Kier alpha value is -3.03. The third-order valence-electron chi connectivity index (χ3n) is 5.28. The quantitative estimate of drug-likeness (QED) is 0.450. The summed E-state index contributed by atoms with van der Waals surface area (Å²) in [7, 11) is 0. The zero-order valence-electron chi connectivity index (χ0n) is 17.1. The number of rotatable bonds is 3. The van der Waals surface area contributed by atoms with E-state index in [1.807, 2.05) is 48.1 Å². The van der Waals surface area contributed by atoms with E-state index < -0.39 is 0 Å². The van der Waals surface area contributed by atoms with E-state index in [-0.39, 0.29) is 5.91 Å². The zero-order chi connectivity index (χ0) is 21.5. The molecule has 8 heteroatoms.